The van der Waals surface area contributed by atoms with Gasteiger partial charge in [0.15, 0.2) is 5.58 Å². The SMILES string of the molecule is c1ccc(-c2cccc3oc4ccc(Nc5cccc6c5oc5ccccc56)cc4c23)cc1. The molecular weight excluding hydrogens is 406 g/mol. The topological polar surface area (TPSA) is 38.3 Å². The number of furan rings is 2. The number of benzene rings is 5. The number of anilines is 2. The van der Waals surface area contributed by atoms with Gasteiger partial charge in [0.05, 0.1) is 5.69 Å². The lowest BCUT2D eigenvalue weighted by molar-refractivity contribution is 0.669. The normalized spacial score (nSPS) is 11.6. The number of nitrogens with one attached hydrogen (secondary N) is 1. The fourth-order valence-electron chi connectivity index (χ4n) is 4.76. The van der Waals surface area contributed by atoms with E-state index in [1.807, 2.05) is 42.5 Å². The summed E-state index contributed by atoms with van der Waals surface area (Å²) in [6.45, 7) is 0. The van der Waals surface area contributed by atoms with Crippen LogP contribution >= 0.6 is 0 Å². The van der Waals surface area contributed by atoms with Gasteiger partial charge < -0.3 is 14.2 Å². The van der Waals surface area contributed by atoms with E-state index in [1.54, 1.807) is 0 Å². The first-order valence-electron chi connectivity index (χ1n) is 11.0. The first-order valence-corrected chi connectivity index (χ1v) is 11.0. The zero-order valence-electron chi connectivity index (χ0n) is 17.7. The molecular formula is C30H19NO2. The van der Waals surface area contributed by atoms with Gasteiger partial charge in [0.2, 0.25) is 0 Å². The molecule has 2 heterocycles. The first-order chi connectivity index (χ1) is 16.3. The van der Waals surface area contributed by atoms with E-state index >= 15 is 0 Å². The standard InChI is InChI=1S/C30H19NO2/c1-2-8-19(9-3-1)21-11-7-15-28-29(21)24-18-20(16-17-27(24)32-28)31-25-13-6-12-23-22-10-4-5-14-26(22)33-30(23)25/h1-18,31H. The van der Waals surface area contributed by atoms with Gasteiger partial charge in [-0.05, 0) is 47.5 Å². The van der Waals surface area contributed by atoms with Crippen LogP contribution in [0.1, 0.15) is 0 Å². The Morgan fingerprint density at radius 1 is 0.515 bits per heavy atom. The Morgan fingerprint density at radius 2 is 1.27 bits per heavy atom. The van der Waals surface area contributed by atoms with Crippen molar-refractivity contribution in [3.05, 3.63) is 109 Å². The highest BCUT2D eigenvalue weighted by molar-refractivity contribution is 6.13. The molecule has 156 valence electrons. The van der Waals surface area contributed by atoms with E-state index in [0.29, 0.717) is 0 Å². The molecule has 0 aliphatic heterocycles. The summed E-state index contributed by atoms with van der Waals surface area (Å²) in [5.74, 6) is 0. The lowest BCUT2D eigenvalue weighted by Crippen LogP contribution is -1.90. The zero-order chi connectivity index (χ0) is 21.8. The monoisotopic (exact) mass is 425 g/mol. The van der Waals surface area contributed by atoms with Crippen molar-refractivity contribution in [3.63, 3.8) is 0 Å². The molecule has 7 rings (SSSR count). The Kier molecular flexibility index (Phi) is 3.84. The Hall–Kier alpha value is -4.50. The summed E-state index contributed by atoms with van der Waals surface area (Å²) in [5, 5.41) is 8.03. The second-order valence-electron chi connectivity index (χ2n) is 8.26. The van der Waals surface area contributed by atoms with Crippen LogP contribution in [0, 0.1) is 0 Å². The average Bonchev–Trinajstić information content (AvgIpc) is 3.43. The van der Waals surface area contributed by atoms with Crippen LogP contribution in [0.25, 0.3) is 55.0 Å². The Bertz CT molecular complexity index is 1790. The van der Waals surface area contributed by atoms with Crippen LogP contribution in [-0.2, 0) is 0 Å². The molecule has 3 heteroatoms. The Balaban J connectivity index is 1.40. The van der Waals surface area contributed by atoms with Gasteiger partial charge in [0, 0.05) is 27.2 Å². The molecule has 3 nitrogen and oxygen atoms in total. The predicted molar refractivity (Wildman–Crippen MR) is 136 cm³/mol. The third-order valence-electron chi connectivity index (χ3n) is 6.26. The fourth-order valence-corrected chi connectivity index (χ4v) is 4.76. The lowest BCUT2D eigenvalue weighted by Gasteiger charge is -2.08. The number of hydrogen-bond donors (Lipinski definition) is 1. The summed E-state index contributed by atoms with van der Waals surface area (Å²) in [4.78, 5) is 0. The first kappa shape index (κ1) is 18.1. The molecule has 5 aromatic carbocycles. The lowest BCUT2D eigenvalue weighted by atomic mass is 9.99. The van der Waals surface area contributed by atoms with Crippen LogP contribution in [0.5, 0.6) is 0 Å². The van der Waals surface area contributed by atoms with E-state index in [0.717, 1.165) is 55.3 Å². The number of rotatable bonds is 3. The summed E-state index contributed by atoms with van der Waals surface area (Å²) < 4.78 is 12.4. The molecule has 0 aliphatic carbocycles. The molecule has 0 fully saturated rings. The summed E-state index contributed by atoms with van der Waals surface area (Å²) in [7, 11) is 0. The van der Waals surface area contributed by atoms with Gasteiger partial charge in [0.25, 0.3) is 0 Å². The molecule has 7 aromatic rings. The van der Waals surface area contributed by atoms with Crippen LogP contribution in [-0.4, -0.2) is 0 Å². The van der Waals surface area contributed by atoms with E-state index in [9.17, 15) is 0 Å². The van der Waals surface area contributed by atoms with E-state index in [2.05, 4.69) is 72.0 Å². The highest BCUT2D eigenvalue weighted by atomic mass is 16.3. The quantitative estimate of drug-likeness (QED) is 0.307. The van der Waals surface area contributed by atoms with Gasteiger partial charge in [-0.2, -0.15) is 0 Å². The maximum Gasteiger partial charge on any atom is 0.158 e. The third kappa shape index (κ3) is 2.83. The summed E-state index contributed by atoms with van der Waals surface area (Å²) in [6.07, 6.45) is 0. The fraction of sp³-hybridized carbons (Fsp3) is 0. The molecule has 0 saturated heterocycles. The van der Waals surface area contributed by atoms with Crippen LogP contribution < -0.4 is 5.32 Å². The van der Waals surface area contributed by atoms with Crippen LogP contribution in [0.2, 0.25) is 0 Å². The van der Waals surface area contributed by atoms with Gasteiger partial charge in [0.1, 0.15) is 16.7 Å². The van der Waals surface area contributed by atoms with E-state index in [-0.39, 0.29) is 0 Å². The van der Waals surface area contributed by atoms with Gasteiger partial charge in [-0.1, -0.05) is 72.8 Å². The number of hydrogen-bond acceptors (Lipinski definition) is 3. The average molecular weight is 425 g/mol. The molecule has 1 N–H and O–H groups in total. The van der Waals surface area contributed by atoms with Gasteiger partial charge in [-0.3, -0.25) is 0 Å². The molecule has 0 aliphatic rings. The van der Waals surface area contributed by atoms with Crippen molar-refractivity contribution in [3.8, 4) is 11.1 Å². The van der Waals surface area contributed by atoms with Crippen LogP contribution in [0.4, 0.5) is 11.4 Å². The second-order valence-corrected chi connectivity index (χ2v) is 8.26. The molecule has 0 bridgehead atoms. The zero-order valence-corrected chi connectivity index (χ0v) is 17.7. The highest BCUT2D eigenvalue weighted by Gasteiger charge is 2.14. The van der Waals surface area contributed by atoms with Gasteiger partial charge in [-0.15, -0.1) is 0 Å². The summed E-state index contributed by atoms with van der Waals surface area (Å²) in [6, 6.07) is 37.3. The summed E-state index contributed by atoms with van der Waals surface area (Å²) in [5.41, 5.74) is 7.80. The van der Waals surface area contributed by atoms with Crippen LogP contribution in [0.15, 0.2) is 118 Å². The third-order valence-corrected chi connectivity index (χ3v) is 6.26. The highest BCUT2D eigenvalue weighted by Crippen LogP contribution is 2.39. The van der Waals surface area contributed by atoms with Gasteiger partial charge >= 0.3 is 0 Å². The Morgan fingerprint density at radius 3 is 2.21 bits per heavy atom. The van der Waals surface area contributed by atoms with Crippen molar-refractivity contribution < 1.29 is 8.83 Å². The van der Waals surface area contributed by atoms with Crippen molar-refractivity contribution >= 4 is 55.3 Å². The van der Waals surface area contributed by atoms with E-state index < -0.39 is 0 Å². The minimum absolute atomic E-state index is 0.862. The minimum Gasteiger partial charge on any atom is -0.456 e. The largest absolute Gasteiger partial charge is 0.456 e. The predicted octanol–water partition coefficient (Wildman–Crippen LogP) is 8.90. The molecule has 33 heavy (non-hydrogen) atoms. The smallest absolute Gasteiger partial charge is 0.158 e. The second kappa shape index (κ2) is 7.01. The molecule has 0 amide bonds. The summed E-state index contributed by atoms with van der Waals surface area (Å²) >= 11 is 0. The van der Waals surface area contributed by atoms with Gasteiger partial charge in [-0.25, -0.2) is 0 Å². The minimum atomic E-state index is 0.862. The molecule has 0 spiro atoms. The van der Waals surface area contributed by atoms with Crippen molar-refractivity contribution in [2.24, 2.45) is 0 Å². The molecule has 0 unspecified atom stereocenters. The molecule has 0 radical (unpaired) electrons. The number of fused-ring (bicyclic) bond motifs is 6. The van der Waals surface area contributed by atoms with Crippen molar-refractivity contribution in [2.45, 2.75) is 0 Å². The maximum absolute atomic E-state index is 6.19. The van der Waals surface area contributed by atoms with Crippen molar-refractivity contribution in [2.75, 3.05) is 5.32 Å². The molecule has 0 atom stereocenters. The maximum atomic E-state index is 6.19. The van der Waals surface area contributed by atoms with Crippen LogP contribution in [0.3, 0.4) is 0 Å². The molecule has 0 saturated carbocycles. The number of para-hydroxylation sites is 2. The van der Waals surface area contributed by atoms with E-state index in [1.165, 1.54) is 11.1 Å². The van der Waals surface area contributed by atoms with Crippen molar-refractivity contribution in [1.82, 2.24) is 0 Å². The van der Waals surface area contributed by atoms with E-state index in [4.69, 9.17) is 8.83 Å². The molecule has 2 aromatic heterocycles. The Labute approximate surface area is 189 Å². The van der Waals surface area contributed by atoms with Crippen molar-refractivity contribution in [1.29, 1.82) is 0 Å².